The molecule has 2 aromatic carbocycles. The van der Waals surface area contributed by atoms with E-state index < -0.39 is 40.3 Å². The molecule has 2 aromatic rings. The third kappa shape index (κ3) is 2.85. The summed E-state index contributed by atoms with van der Waals surface area (Å²) in [5.41, 5.74) is -0.0673. The summed E-state index contributed by atoms with van der Waals surface area (Å²) in [5.74, 6) is -3.08. The molecule has 0 aliphatic carbocycles. The van der Waals surface area contributed by atoms with Gasteiger partial charge in [0.05, 0.1) is 29.4 Å². The number of hydrogen-bond acceptors (Lipinski definition) is 6. The summed E-state index contributed by atoms with van der Waals surface area (Å²) in [4.78, 5) is 50.9. The molecule has 0 spiro atoms. The first-order valence-corrected chi connectivity index (χ1v) is 10.2. The molecule has 32 heavy (non-hydrogen) atoms. The van der Waals surface area contributed by atoms with Crippen LogP contribution in [0.2, 0.25) is 0 Å². The Bertz CT molecular complexity index is 1190. The number of anilines is 1. The number of benzene rings is 2. The zero-order valence-corrected chi connectivity index (χ0v) is 17.1. The van der Waals surface area contributed by atoms with E-state index in [-0.39, 0.29) is 23.8 Å². The lowest BCUT2D eigenvalue weighted by atomic mass is 9.77. The Morgan fingerprint density at radius 1 is 1.16 bits per heavy atom. The van der Waals surface area contributed by atoms with Crippen LogP contribution < -0.4 is 10.2 Å². The second-order valence-electron chi connectivity index (χ2n) is 8.21. The highest BCUT2D eigenvalue weighted by Crippen LogP contribution is 2.53. The van der Waals surface area contributed by atoms with Crippen molar-refractivity contribution in [3.63, 3.8) is 0 Å². The molecular weight excluding hydrogens is 414 g/mol. The van der Waals surface area contributed by atoms with E-state index in [0.717, 1.165) is 10.5 Å². The van der Waals surface area contributed by atoms with Crippen LogP contribution in [0.5, 0.6) is 0 Å². The summed E-state index contributed by atoms with van der Waals surface area (Å²) in [6.07, 6.45) is 2.80. The van der Waals surface area contributed by atoms with Crippen molar-refractivity contribution in [3.05, 3.63) is 81.9 Å². The van der Waals surface area contributed by atoms with Crippen molar-refractivity contribution in [2.45, 2.75) is 18.6 Å². The minimum absolute atomic E-state index is 0.00236. The number of nitro groups is 1. The highest BCUT2D eigenvalue weighted by molar-refractivity contribution is 6.24. The van der Waals surface area contributed by atoms with Crippen molar-refractivity contribution < 1.29 is 24.0 Å². The maximum atomic E-state index is 13.4. The fourth-order valence-electron chi connectivity index (χ4n) is 4.78. The lowest BCUT2D eigenvalue weighted by Crippen LogP contribution is -2.48. The van der Waals surface area contributed by atoms with Crippen molar-refractivity contribution >= 4 is 29.1 Å². The Labute approximate surface area is 182 Å². The van der Waals surface area contributed by atoms with Gasteiger partial charge in [0.2, 0.25) is 11.8 Å². The average Bonchev–Trinajstić information content (AvgIpc) is 3.43. The van der Waals surface area contributed by atoms with Gasteiger partial charge in [-0.1, -0.05) is 42.0 Å². The van der Waals surface area contributed by atoms with Crippen molar-refractivity contribution in [2.75, 3.05) is 11.4 Å². The molecule has 2 bridgehead atoms. The fourth-order valence-corrected chi connectivity index (χ4v) is 4.78. The smallest absolute Gasteiger partial charge is 0.293 e. The Morgan fingerprint density at radius 3 is 2.59 bits per heavy atom. The number of fused-ring (bicyclic) bond motifs is 5. The zero-order valence-electron chi connectivity index (χ0n) is 17.1. The number of nitrogens with zero attached hydrogens (tertiary/aromatic N) is 2. The van der Waals surface area contributed by atoms with E-state index in [1.54, 1.807) is 24.3 Å². The molecule has 0 aromatic heterocycles. The van der Waals surface area contributed by atoms with E-state index in [4.69, 9.17) is 4.74 Å². The van der Waals surface area contributed by atoms with E-state index >= 15 is 0 Å². The number of hydrogen-bond donors (Lipinski definition) is 1. The van der Waals surface area contributed by atoms with Crippen LogP contribution in [0.25, 0.3) is 0 Å². The van der Waals surface area contributed by atoms with E-state index in [1.807, 2.05) is 19.1 Å². The number of aryl methyl sites for hydroxylation is 1. The Kier molecular flexibility index (Phi) is 4.45. The first-order valence-electron chi connectivity index (χ1n) is 10.2. The Hall–Kier alpha value is -3.85. The number of nitrogens with one attached hydrogen (secondary N) is 1. The number of amides is 3. The summed E-state index contributed by atoms with van der Waals surface area (Å²) < 4.78 is 6.01. The van der Waals surface area contributed by atoms with Crippen molar-refractivity contribution in [2.24, 2.45) is 11.8 Å². The number of ether oxygens (including phenoxy) is 1. The summed E-state index contributed by atoms with van der Waals surface area (Å²) in [6.45, 7) is 1.92. The zero-order chi connectivity index (χ0) is 22.6. The van der Waals surface area contributed by atoms with Gasteiger partial charge in [0.15, 0.2) is 0 Å². The van der Waals surface area contributed by atoms with Crippen molar-refractivity contribution in [1.82, 2.24) is 5.32 Å². The minimum atomic E-state index is -1.18. The minimum Gasteiger partial charge on any atom is -0.360 e. The maximum absolute atomic E-state index is 13.4. The molecule has 4 atom stereocenters. The van der Waals surface area contributed by atoms with E-state index in [1.165, 1.54) is 24.3 Å². The molecular formula is C23H19N3O6. The van der Waals surface area contributed by atoms with Gasteiger partial charge in [-0.15, -0.1) is 0 Å². The van der Waals surface area contributed by atoms with Crippen LogP contribution in [-0.2, 0) is 14.3 Å². The van der Waals surface area contributed by atoms with Gasteiger partial charge >= 0.3 is 0 Å². The average molecular weight is 433 g/mol. The number of carbonyl (C=O) groups excluding carboxylic acids is 3. The standard InChI is InChI=1S/C23H19N3O6/c1-13-6-8-14(9-7-13)20(27)24-12-23-11-10-17(32-23)18-19(23)22(29)25(21(18)28)15-4-2-3-5-16(15)26(30)31/h2-11,17-19H,12H2,1H3,(H,24,27). The van der Waals surface area contributed by atoms with E-state index in [2.05, 4.69) is 5.32 Å². The molecule has 1 N–H and O–H groups in total. The molecule has 5 rings (SSSR count). The SMILES string of the molecule is Cc1ccc(C(=O)NCC23C=CC(O2)C2C(=O)N(c4ccccc4[N+](=O)[O-])C(=O)C23)cc1. The molecule has 0 radical (unpaired) electrons. The van der Waals surface area contributed by atoms with Gasteiger partial charge in [0.1, 0.15) is 11.3 Å². The molecule has 4 unspecified atom stereocenters. The molecule has 2 fully saturated rings. The third-order valence-electron chi connectivity index (χ3n) is 6.31. The summed E-state index contributed by atoms with van der Waals surface area (Å²) in [7, 11) is 0. The predicted molar refractivity (Wildman–Crippen MR) is 113 cm³/mol. The molecule has 0 saturated carbocycles. The van der Waals surface area contributed by atoms with Crippen LogP contribution in [0.1, 0.15) is 15.9 Å². The normalized spacial score (nSPS) is 27.7. The van der Waals surface area contributed by atoms with Gasteiger partial charge in [-0.2, -0.15) is 0 Å². The van der Waals surface area contributed by atoms with Crippen LogP contribution in [0.3, 0.4) is 0 Å². The highest BCUT2D eigenvalue weighted by Gasteiger charge is 2.68. The largest absolute Gasteiger partial charge is 0.360 e. The first kappa shape index (κ1) is 20.1. The van der Waals surface area contributed by atoms with Gasteiger partial charge in [0, 0.05) is 11.6 Å². The molecule has 9 nitrogen and oxygen atoms in total. The van der Waals surface area contributed by atoms with Crippen LogP contribution in [0, 0.1) is 28.9 Å². The van der Waals surface area contributed by atoms with Crippen LogP contribution in [0.15, 0.2) is 60.7 Å². The number of imide groups is 1. The predicted octanol–water partition coefficient (Wildman–Crippen LogP) is 2.15. The van der Waals surface area contributed by atoms with Crippen molar-refractivity contribution in [3.8, 4) is 0 Å². The molecule has 3 aliphatic rings. The Balaban J connectivity index is 1.42. The van der Waals surface area contributed by atoms with Gasteiger partial charge in [-0.3, -0.25) is 24.5 Å². The first-order chi connectivity index (χ1) is 15.3. The molecule has 2 saturated heterocycles. The summed E-state index contributed by atoms with van der Waals surface area (Å²) in [6, 6.07) is 12.7. The second-order valence-corrected chi connectivity index (χ2v) is 8.21. The topological polar surface area (TPSA) is 119 Å². The quantitative estimate of drug-likeness (QED) is 0.334. The second kappa shape index (κ2) is 7.10. The van der Waals surface area contributed by atoms with E-state index in [0.29, 0.717) is 5.56 Å². The number of para-hydroxylation sites is 2. The number of nitro benzene ring substituents is 1. The Morgan fingerprint density at radius 2 is 1.88 bits per heavy atom. The fraction of sp³-hybridized carbons (Fsp3) is 0.261. The number of rotatable bonds is 5. The molecule has 3 aliphatic heterocycles. The van der Waals surface area contributed by atoms with Crippen molar-refractivity contribution in [1.29, 1.82) is 0 Å². The summed E-state index contributed by atoms with van der Waals surface area (Å²) >= 11 is 0. The van der Waals surface area contributed by atoms with Crippen LogP contribution in [-0.4, -0.2) is 40.9 Å². The van der Waals surface area contributed by atoms with E-state index in [9.17, 15) is 24.5 Å². The lowest BCUT2D eigenvalue weighted by molar-refractivity contribution is -0.384. The monoisotopic (exact) mass is 433 g/mol. The highest BCUT2D eigenvalue weighted by atomic mass is 16.6. The van der Waals surface area contributed by atoms with Gasteiger partial charge in [-0.25, -0.2) is 4.90 Å². The molecule has 9 heteroatoms. The van der Waals surface area contributed by atoms with Crippen LogP contribution in [0.4, 0.5) is 11.4 Å². The summed E-state index contributed by atoms with van der Waals surface area (Å²) in [5, 5.41) is 14.3. The molecule has 3 heterocycles. The lowest BCUT2D eigenvalue weighted by Gasteiger charge is -2.29. The van der Waals surface area contributed by atoms with Gasteiger partial charge < -0.3 is 10.1 Å². The van der Waals surface area contributed by atoms with Gasteiger partial charge in [-0.05, 0) is 25.1 Å². The number of carbonyl (C=O) groups is 3. The van der Waals surface area contributed by atoms with Crippen LogP contribution >= 0.6 is 0 Å². The molecule has 3 amide bonds. The molecule has 162 valence electrons. The van der Waals surface area contributed by atoms with Gasteiger partial charge in [0.25, 0.3) is 11.6 Å². The third-order valence-corrected chi connectivity index (χ3v) is 6.31. The maximum Gasteiger partial charge on any atom is 0.293 e.